The summed E-state index contributed by atoms with van der Waals surface area (Å²) in [6, 6.07) is 5.24. The number of benzene rings is 1. The van der Waals surface area contributed by atoms with Gasteiger partial charge in [-0.1, -0.05) is 23.2 Å². The summed E-state index contributed by atoms with van der Waals surface area (Å²) >= 11 is 13.3. The smallest absolute Gasteiger partial charge is 0.257 e. The van der Waals surface area contributed by atoms with Gasteiger partial charge in [0.15, 0.2) is 0 Å². The van der Waals surface area contributed by atoms with Gasteiger partial charge in [-0.25, -0.2) is 0 Å². The van der Waals surface area contributed by atoms with E-state index in [1.54, 1.807) is 26.5 Å². The third kappa shape index (κ3) is 4.21. The molecule has 2 aromatic rings. The molecule has 2 amide bonds. The molecule has 0 bridgehead atoms. The fourth-order valence-corrected chi connectivity index (χ4v) is 5.10. The van der Waals surface area contributed by atoms with Crippen molar-refractivity contribution >= 4 is 40.6 Å². The van der Waals surface area contributed by atoms with Crippen LogP contribution in [0.5, 0.6) is 0 Å². The van der Waals surface area contributed by atoms with E-state index >= 15 is 0 Å². The minimum atomic E-state index is -0.522. The number of likely N-dealkylation sites (tertiary alicyclic amines) is 1. The predicted octanol–water partition coefficient (Wildman–Crippen LogP) is 3.04. The third-order valence-electron chi connectivity index (χ3n) is 6.43. The second-order valence-corrected chi connectivity index (χ2v) is 9.40. The number of carbonyl (C=O) groups excluding carboxylic acids is 2. The van der Waals surface area contributed by atoms with E-state index in [-0.39, 0.29) is 24.0 Å². The van der Waals surface area contributed by atoms with Crippen LogP contribution in [0.25, 0.3) is 5.57 Å². The molecule has 1 saturated heterocycles. The highest BCUT2D eigenvalue weighted by Crippen LogP contribution is 2.39. The summed E-state index contributed by atoms with van der Waals surface area (Å²) in [6.07, 6.45) is 0.536. The second-order valence-electron chi connectivity index (χ2n) is 8.61. The Balaban J connectivity index is 1.67. The van der Waals surface area contributed by atoms with Crippen molar-refractivity contribution in [3.05, 3.63) is 72.1 Å². The van der Waals surface area contributed by atoms with Crippen LogP contribution >= 0.6 is 23.2 Å². The molecule has 1 fully saturated rings. The van der Waals surface area contributed by atoms with E-state index in [2.05, 4.69) is 0 Å². The molecule has 2 aliphatic heterocycles. The molecule has 1 aromatic carbocycles. The van der Waals surface area contributed by atoms with Crippen LogP contribution in [-0.4, -0.2) is 57.5 Å². The van der Waals surface area contributed by atoms with Gasteiger partial charge in [0.1, 0.15) is 13.3 Å². The molecule has 9 heteroatoms. The molecule has 7 nitrogen and oxygen atoms in total. The molecule has 0 radical (unpaired) electrons. The number of amides is 2. The fourth-order valence-electron chi connectivity index (χ4n) is 4.41. The molecule has 0 atom stereocenters. The van der Waals surface area contributed by atoms with Gasteiger partial charge in [0.05, 0.1) is 10.6 Å². The Kier molecular flexibility index (Phi) is 6.40. The molecule has 1 aromatic heterocycles. The number of aliphatic hydroxyl groups is 1. The summed E-state index contributed by atoms with van der Waals surface area (Å²) < 4.78 is 1.57. The van der Waals surface area contributed by atoms with Crippen molar-refractivity contribution in [3.8, 4) is 0 Å². The number of aryl methyl sites for hydroxylation is 2. The molecule has 0 saturated carbocycles. The lowest BCUT2D eigenvalue weighted by molar-refractivity contribution is -0.135. The number of carbonyl (C=O) groups is 2. The molecule has 0 aliphatic carbocycles. The molecule has 2 aliphatic rings. The number of rotatable bonds is 4. The van der Waals surface area contributed by atoms with Gasteiger partial charge in [-0.05, 0) is 67.2 Å². The summed E-state index contributed by atoms with van der Waals surface area (Å²) in [7, 11) is 0. The molecule has 1 N–H and O–H groups in total. The second kappa shape index (κ2) is 8.97. The maximum absolute atomic E-state index is 13.5. The molecule has 4 rings (SSSR count). The van der Waals surface area contributed by atoms with Crippen molar-refractivity contribution in [2.75, 3.05) is 26.2 Å². The van der Waals surface area contributed by atoms with Crippen LogP contribution in [0.2, 0.25) is 10.0 Å². The zero-order chi connectivity index (χ0) is 24.0. The highest BCUT2D eigenvalue weighted by Gasteiger charge is 2.32. The standard InChI is InChI=1S/C24H25Cl2N3O4/c1-13-6-14(2)29(20(31)7-13)12-27-5-4-17-19(25)8-18(23(26)22(17)24(27)33)15(3)16-9-28(10-16)21(32)11-30/h6-8,30H,4-5,9-12H2,1-3H3. The largest absolute Gasteiger partial charge is 0.387 e. The van der Waals surface area contributed by atoms with Crippen LogP contribution in [0.3, 0.4) is 0 Å². The molecule has 33 heavy (non-hydrogen) atoms. The van der Waals surface area contributed by atoms with Crippen molar-refractivity contribution < 1.29 is 14.7 Å². The number of allylic oxidation sites excluding steroid dienone is 1. The lowest BCUT2D eigenvalue weighted by Crippen LogP contribution is -2.46. The van der Waals surface area contributed by atoms with Gasteiger partial charge >= 0.3 is 0 Å². The van der Waals surface area contributed by atoms with Gasteiger partial charge in [-0.2, -0.15) is 0 Å². The third-order valence-corrected chi connectivity index (χ3v) is 7.16. The summed E-state index contributed by atoms with van der Waals surface area (Å²) in [5.74, 6) is -0.589. The van der Waals surface area contributed by atoms with Crippen molar-refractivity contribution in [2.45, 2.75) is 33.9 Å². The molecule has 174 valence electrons. The van der Waals surface area contributed by atoms with E-state index in [9.17, 15) is 14.4 Å². The number of aromatic nitrogens is 1. The van der Waals surface area contributed by atoms with Crippen LogP contribution in [0.4, 0.5) is 0 Å². The van der Waals surface area contributed by atoms with Crippen molar-refractivity contribution in [1.29, 1.82) is 0 Å². The molecule has 0 unspecified atom stereocenters. The summed E-state index contributed by atoms with van der Waals surface area (Å²) in [5.41, 5.74) is 5.10. The first kappa shape index (κ1) is 23.5. The van der Waals surface area contributed by atoms with Gasteiger partial charge < -0.3 is 14.9 Å². The number of halogens is 2. The van der Waals surface area contributed by atoms with Gasteiger partial charge in [-0.3, -0.25) is 19.0 Å². The van der Waals surface area contributed by atoms with Gasteiger partial charge in [0, 0.05) is 36.4 Å². The minimum Gasteiger partial charge on any atom is -0.387 e. The van der Waals surface area contributed by atoms with Crippen molar-refractivity contribution in [3.63, 3.8) is 0 Å². The zero-order valence-corrected chi connectivity index (χ0v) is 20.3. The molecule has 0 spiro atoms. The van der Waals surface area contributed by atoms with Gasteiger partial charge in [0.2, 0.25) is 5.91 Å². The Hall–Kier alpha value is -2.61. The molecular formula is C24H25Cl2N3O4. The summed E-state index contributed by atoms with van der Waals surface area (Å²) in [4.78, 5) is 40.8. The van der Waals surface area contributed by atoms with E-state index in [0.29, 0.717) is 52.8 Å². The lowest BCUT2D eigenvalue weighted by Gasteiger charge is -2.36. The van der Waals surface area contributed by atoms with Gasteiger partial charge in [-0.15, -0.1) is 0 Å². The maximum atomic E-state index is 13.5. The number of fused-ring (bicyclic) bond motifs is 1. The van der Waals surface area contributed by atoms with Crippen LogP contribution in [0.15, 0.2) is 28.6 Å². The fraction of sp³-hybridized carbons (Fsp3) is 0.375. The first-order valence-corrected chi connectivity index (χ1v) is 11.4. The minimum absolute atomic E-state index is 0.139. The van der Waals surface area contributed by atoms with Crippen molar-refractivity contribution in [2.24, 2.45) is 0 Å². The number of hydrogen-bond donors (Lipinski definition) is 1. The summed E-state index contributed by atoms with van der Waals surface area (Å²) in [6.45, 7) is 6.46. The Morgan fingerprint density at radius 1 is 1.12 bits per heavy atom. The first-order chi connectivity index (χ1) is 15.6. The monoisotopic (exact) mass is 489 g/mol. The average Bonchev–Trinajstić information content (AvgIpc) is 2.72. The Labute approximate surface area is 201 Å². The Morgan fingerprint density at radius 2 is 1.82 bits per heavy atom. The van der Waals surface area contributed by atoms with E-state index in [1.165, 1.54) is 0 Å². The van der Waals surface area contributed by atoms with E-state index in [4.69, 9.17) is 28.3 Å². The number of pyridine rings is 1. The quantitative estimate of drug-likeness (QED) is 0.715. The number of aliphatic hydroxyl groups excluding tert-OH is 1. The van der Waals surface area contributed by atoms with Crippen LogP contribution in [0.1, 0.15) is 39.7 Å². The topological polar surface area (TPSA) is 82.8 Å². The van der Waals surface area contributed by atoms with E-state index in [0.717, 1.165) is 22.4 Å². The van der Waals surface area contributed by atoms with Crippen LogP contribution in [-0.2, 0) is 17.9 Å². The highest BCUT2D eigenvalue weighted by molar-refractivity contribution is 6.38. The highest BCUT2D eigenvalue weighted by atomic mass is 35.5. The normalized spacial score (nSPS) is 15.5. The van der Waals surface area contributed by atoms with Crippen molar-refractivity contribution in [1.82, 2.24) is 14.4 Å². The first-order valence-electron chi connectivity index (χ1n) is 10.7. The number of hydrogen-bond acceptors (Lipinski definition) is 4. The van der Waals surface area contributed by atoms with Gasteiger partial charge in [0.25, 0.3) is 11.5 Å². The van der Waals surface area contributed by atoms with E-state index in [1.807, 2.05) is 26.8 Å². The molecular weight excluding hydrogens is 465 g/mol. The SMILES string of the molecule is CC(=C1CN(C(=O)CO)C1)c1cc(Cl)c2c(c1Cl)C(=O)N(Cn1c(C)cc(C)cc1=O)CC2. The van der Waals surface area contributed by atoms with E-state index < -0.39 is 6.61 Å². The Morgan fingerprint density at radius 3 is 2.45 bits per heavy atom. The Bertz CT molecular complexity index is 1260. The lowest BCUT2D eigenvalue weighted by atomic mass is 9.90. The average molecular weight is 490 g/mol. The van der Waals surface area contributed by atoms with Crippen LogP contribution in [0, 0.1) is 13.8 Å². The van der Waals surface area contributed by atoms with Crippen LogP contribution < -0.4 is 5.56 Å². The number of nitrogens with zero attached hydrogens (tertiary/aromatic N) is 3. The maximum Gasteiger partial charge on any atom is 0.257 e. The summed E-state index contributed by atoms with van der Waals surface area (Å²) in [5, 5.41) is 9.83. The predicted molar refractivity (Wildman–Crippen MR) is 128 cm³/mol. The molecule has 3 heterocycles. The zero-order valence-electron chi connectivity index (χ0n) is 18.7.